The maximum atomic E-state index is 5.63. The van der Waals surface area contributed by atoms with E-state index in [9.17, 15) is 0 Å². The molecule has 2 heterocycles. The zero-order chi connectivity index (χ0) is 15.4. The molecule has 0 amide bonds. The van der Waals surface area contributed by atoms with E-state index in [4.69, 9.17) is 4.42 Å². The third-order valence-corrected chi connectivity index (χ3v) is 3.44. The molecular weight excluding hydrogens is 268 g/mol. The van der Waals surface area contributed by atoms with E-state index in [1.54, 1.807) is 0 Å². The third kappa shape index (κ3) is 4.04. The molecule has 0 fully saturated rings. The smallest absolute Gasteiger partial charge is 0.317 e. The zero-order valence-corrected chi connectivity index (χ0v) is 13.5. The van der Waals surface area contributed by atoms with E-state index in [1.807, 2.05) is 37.9 Å². The first-order chi connectivity index (χ1) is 9.97. The second-order valence-electron chi connectivity index (χ2n) is 5.65. The van der Waals surface area contributed by atoms with Crippen LogP contribution in [0, 0.1) is 13.8 Å². The first kappa shape index (κ1) is 15.5. The largest absolute Gasteiger partial charge is 0.407 e. The molecule has 0 spiro atoms. The second kappa shape index (κ2) is 6.71. The number of aromatic amines is 1. The highest BCUT2D eigenvalue weighted by Gasteiger charge is 2.12. The third-order valence-electron chi connectivity index (χ3n) is 3.44. The van der Waals surface area contributed by atoms with Crippen molar-refractivity contribution in [3.63, 3.8) is 0 Å². The second-order valence-corrected chi connectivity index (χ2v) is 5.65. The lowest BCUT2D eigenvalue weighted by Gasteiger charge is -2.13. The molecule has 0 saturated heterocycles. The lowest BCUT2D eigenvalue weighted by atomic mass is 10.1. The number of hydrogen-bond acceptors (Lipinski definition) is 6. The van der Waals surface area contributed by atoms with E-state index in [2.05, 4.69) is 27.3 Å². The molecule has 0 atom stereocenters. The molecule has 2 aromatic rings. The molecule has 0 aliphatic carbocycles. The van der Waals surface area contributed by atoms with E-state index < -0.39 is 0 Å². The van der Waals surface area contributed by atoms with Crippen molar-refractivity contribution in [2.75, 3.05) is 32.6 Å². The highest BCUT2D eigenvalue weighted by molar-refractivity contribution is 5.25. The van der Waals surface area contributed by atoms with Gasteiger partial charge < -0.3 is 14.2 Å². The van der Waals surface area contributed by atoms with Gasteiger partial charge in [-0.1, -0.05) is 5.10 Å². The fourth-order valence-electron chi connectivity index (χ4n) is 2.26. The van der Waals surface area contributed by atoms with Crippen LogP contribution >= 0.6 is 0 Å². The molecule has 21 heavy (non-hydrogen) atoms. The van der Waals surface area contributed by atoms with Crippen LogP contribution in [0.5, 0.6) is 0 Å². The predicted molar refractivity (Wildman–Crippen MR) is 81.3 cm³/mol. The molecule has 0 aliphatic rings. The van der Waals surface area contributed by atoms with E-state index in [0.717, 1.165) is 30.8 Å². The first-order valence-electron chi connectivity index (χ1n) is 7.16. The van der Waals surface area contributed by atoms with Gasteiger partial charge in [-0.05, 0) is 46.3 Å². The van der Waals surface area contributed by atoms with Crippen LogP contribution in [-0.2, 0) is 13.0 Å². The Morgan fingerprint density at radius 1 is 1.14 bits per heavy atom. The normalized spacial score (nSPS) is 11.3. The Labute approximate surface area is 125 Å². The topological polar surface area (TPSA) is 74.1 Å². The average Bonchev–Trinajstić information content (AvgIpc) is 2.99. The molecule has 116 valence electrons. The Hall–Kier alpha value is -1.89. The number of rotatable bonds is 7. The van der Waals surface area contributed by atoms with Crippen LogP contribution in [-0.4, -0.2) is 53.0 Å². The van der Waals surface area contributed by atoms with Gasteiger partial charge in [-0.25, -0.2) is 0 Å². The van der Waals surface area contributed by atoms with Crippen LogP contribution in [0.15, 0.2) is 4.42 Å². The lowest BCUT2D eigenvalue weighted by molar-refractivity contribution is 0.342. The van der Waals surface area contributed by atoms with Gasteiger partial charge in [0.05, 0.1) is 12.2 Å². The molecule has 0 unspecified atom stereocenters. The fraction of sp³-hybridized carbons (Fsp3) is 0.643. The highest BCUT2D eigenvalue weighted by atomic mass is 16.4. The van der Waals surface area contributed by atoms with E-state index in [1.165, 1.54) is 5.56 Å². The first-order valence-corrected chi connectivity index (χ1v) is 7.16. The van der Waals surface area contributed by atoms with Gasteiger partial charge in [0.15, 0.2) is 0 Å². The molecule has 1 N–H and O–H groups in total. The summed E-state index contributed by atoms with van der Waals surface area (Å²) < 4.78 is 5.63. The summed E-state index contributed by atoms with van der Waals surface area (Å²) in [6.07, 6.45) is 2.01. The number of H-pyrrole nitrogens is 1. The average molecular weight is 292 g/mol. The summed E-state index contributed by atoms with van der Waals surface area (Å²) in [5, 5.41) is 15.4. The summed E-state index contributed by atoms with van der Waals surface area (Å²) in [5.74, 6) is 0.642. The summed E-state index contributed by atoms with van der Waals surface area (Å²) in [6, 6.07) is 0.576. The van der Waals surface area contributed by atoms with Crippen LogP contribution in [0.4, 0.5) is 6.01 Å². The van der Waals surface area contributed by atoms with Crippen molar-refractivity contribution in [1.82, 2.24) is 25.3 Å². The van der Waals surface area contributed by atoms with Crippen LogP contribution < -0.4 is 4.90 Å². The minimum atomic E-state index is 0.576. The number of anilines is 1. The minimum Gasteiger partial charge on any atom is -0.407 e. The summed E-state index contributed by atoms with van der Waals surface area (Å²) in [6.45, 7) is 5.63. The molecule has 7 nitrogen and oxygen atoms in total. The molecular formula is C14H24N6O. The van der Waals surface area contributed by atoms with Gasteiger partial charge in [0, 0.05) is 19.3 Å². The SMILES string of the molecule is Cc1n[nH]c(C)c1CCCN(C)c1nnc(CN(C)C)o1. The molecule has 2 aromatic heterocycles. The Balaban J connectivity index is 1.84. The number of aryl methyl sites for hydroxylation is 2. The molecule has 0 radical (unpaired) electrons. The number of aromatic nitrogens is 4. The quantitative estimate of drug-likeness (QED) is 0.834. The molecule has 0 aromatic carbocycles. The minimum absolute atomic E-state index is 0.576. The van der Waals surface area contributed by atoms with Crippen molar-refractivity contribution < 1.29 is 4.42 Å². The van der Waals surface area contributed by atoms with Crippen molar-refractivity contribution in [2.24, 2.45) is 0 Å². The Bertz CT molecular complexity index is 554. The zero-order valence-electron chi connectivity index (χ0n) is 13.5. The van der Waals surface area contributed by atoms with Gasteiger partial charge in [-0.2, -0.15) is 5.10 Å². The van der Waals surface area contributed by atoms with Gasteiger partial charge in [-0.3, -0.25) is 5.10 Å². The van der Waals surface area contributed by atoms with Crippen LogP contribution in [0.3, 0.4) is 0 Å². The Kier molecular flexibility index (Phi) is 4.95. The number of hydrogen-bond donors (Lipinski definition) is 1. The molecule has 0 aliphatic heterocycles. The van der Waals surface area contributed by atoms with Crippen LogP contribution in [0.1, 0.15) is 29.3 Å². The van der Waals surface area contributed by atoms with E-state index in [-0.39, 0.29) is 0 Å². The monoisotopic (exact) mass is 292 g/mol. The summed E-state index contributed by atoms with van der Waals surface area (Å²) >= 11 is 0. The predicted octanol–water partition coefficient (Wildman–Crippen LogP) is 1.54. The summed E-state index contributed by atoms with van der Waals surface area (Å²) in [7, 11) is 5.92. The van der Waals surface area contributed by atoms with Crippen molar-refractivity contribution in [3.05, 3.63) is 22.8 Å². The van der Waals surface area contributed by atoms with Gasteiger partial charge in [0.25, 0.3) is 0 Å². The van der Waals surface area contributed by atoms with Gasteiger partial charge in [0.1, 0.15) is 0 Å². The summed E-state index contributed by atoms with van der Waals surface area (Å²) in [5.41, 5.74) is 3.55. The van der Waals surface area contributed by atoms with Crippen molar-refractivity contribution in [3.8, 4) is 0 Å². The number of nitrogens with one attached hydrogen (secondary N) is 1. The van der Waals surface area contributed by atoms with Crippen LogP contribution in [0.2, 0.25) is 0 Å². The molecule has 7 heteroatoms. The van der Waals surface area contributed by atoms with Crippen molar-refractivity contribution in [1.29, 1.82) is 0 Å². The standard InChI is InChI=1S/C14H24N6O/c1-10-12(11(2)16-15-10)7-6-8-20(5)14-18-17-13(21-14)9-19(3)4/h6-9H2,1-5H3,(H,15,16). The Morgan fingerprint density at radius 3 is 2.52 bits per heavy atom. The van der Waals surface area contributed by atoms with Gasteiger partial charge >= 0.3 is 6.01 Å². The summed E-state index contributed by atoms with van der Waals surface area (Å²) in [4.78, 5) is 4.00. The maximum Gasteiger partial charge on any atom is 0.317 e. The fourth-order valence-corrected chi connectivity index (χ4v) is 2.26. The van der Waals surface area contributed by atoms with E-state index >= 15 is 0 Å². The Morgan fingerprint density at radius 2 is 1.90 bits per heavy atom. The van der Waals surface area contributed by atoms with Gasteiger partial charge in [0.2, 0.25) is 5.89 Å². The lowest BCUT2D eigenvalue weighted by Crippen LogP contribution is -2.19. The molecule has 0 saturated carbocycles. The van der Waals surface area contributed by atoms with E-state index in [0.29, 0.717) is 18.5 Å². The van der Waals surface area contributed by atoms with Gasteiger partial charge in [-0.15, -0.1) is 5.10 Å². The van der Waals surface area contributed by atoms with Crippen LogP contribution in [0.25, 0.3) is 0 Å². The molecule has 0 bridgehead atoms. The molecule has 2 rings (SSSR count). The number of nitrogens with zero attached hydrogens (tertiary/aromatic N) is 5. The van der Waals surface area contributed by atoms with Crippen molar-refractivity contribution in [2.45, 2.75) is 33.2 Å². The van der Waals surface area contributed by atoms with Crippen molar-refractivity contribution >= 4 is 6.01 Å². The highest BCUT2D eigenvalue weighted by Crippen LogP contribution is 2.15. The maximum absolute atomic E-state index is 5.63.